The third-order valence-corrected chi connectivity index (χ3v) is 8.64. The molecule has 0 saturated heterocycles. The summed E-state index contributed by atoms with van der Waals surface area (Å²) in [6.07, 6.45) is 30.7. The SMILES string of the molecule is CCCCCCCCCCCCOS(=O)(=O)c1ccccc1.CCCCCCCCCCCC[n+]1ccccc1. The molecule has 1 aromatic carbocycles. The molecule has 0 bridgehead atoms. The van der Waals surface area contributed by atoms with Gasteiger partial charge in [-0.3, -0.25) is 4.18 Å². The van der Waals surface area contributed by atoms with Gasteiger partial charge in [0.25, 0.3) is 10.1 Å². The predicted molar refractivity (Wildman–Crippen MR) is 170 cm³/mol. The second-order valence-corrected chi connectivity index (χ2v) is 12.7. The quantitative estimate of drug-likeness (QED) is 0.0712. The van der Waals surface area contributed by atoms with Crippen LogP contribution in [0.1, 0.15) is 142 Å². The van der Waals surface area contributed by atoms with E-state index in [0.717, 1.165) is 12.8 Å². The van der Waals surface area contributed by atoms with E-state index in [9.17, 15) is 8.42 Å². The van der Waals surface area contributed by atoms with Crippen molar-refractivity contribution in [3.05, 3.63) is 60.9 Å². The zero-order valence-corrected chi connectivity index (χ0v) is 26.7. The highest BCUT2D eigenvalue weighted by Gasteiger charge is 2.13. The van der Waals surface area contributed by atoms with Gasteiger partial charge < -0.3 is 0 Å². The van der Waals surface area contributed by atoms with Gasteiger partial charge in [0, 0.05) is 18.6 Å². The summed E-state index contributed by atoms with van der Waals surface area (Å²) in [5.74, 6) is 0. The van der Waals surface area contributed by atoms with E-state index >= 15 is 0 Å². The zero-order valence-electron chi connectivity index (χ0n) is 25.9. The summed E-state index contributed by atoms with van der Waals surface area (Å²) in [4.78, 5) is 0.238. The third-order valence-electron chi connectivity index (χ3n) is 7.32. The van der Waals surface area contributed by atoms with Crippen LogP contribution in [-0.2, 0) is 20.8 Å². The number of pyridine rings is 1. The highest BCUT2D eigenvalue weighted by atomic mass is 32.2. The van der Waals surface area contributed by atoms with Crippen LogP contribution < -0.4 is 4.57 Å². The molecule has 1 heterocycles. The van der Waals surface area contributed by atoms with E-state index < -0.39 is 10.1 Å². The molecule has 4 nitrogen and oxygen atoms in total. The van der Waals surface area contributed by atoms with Crippen LogP contribution in [0, 0.1) is 0 Å². The molecule has 2 rings (SSSR count). The number of aryl methyl sites for hydroxylation is 1. The molecule has 0 unspecified atom stereocenters. The lowest BCUT2D eigenvalue weighted by molar-refractivity contribution is -0.697. The minimum Gasteiger partial charge on any atom is -0.266 e. The number of aromatic nitrogens is 1. The summed E-state index contributed by atoms with van der Waals surface area (Å²) in [6, 6.07) is 14.6. The summed E-state index contributed by atoms with van der Waals surface area (Å²) in [5.41, 5.74) is 0. The number of nitrogens with zero attached hydrogens (tertiary/aromatic N) is 1. The average Bonchev–Trinajstić information content (AvgIpc) is 2.98. The molecule has 1 aromatic heterocycles. The largest absolute Gasteiger partial charge is 0.296 e. The van der Waals surface area contributed by atoms with Gasteiger partial charge in [-0.2, -0.15) is 8.42 Å². The highest BCUT2D eigenvalue weighted by Crippen LogP contribution is 2.14. The summed E-state index contributed by atoms with van der Waals surface area (Å²) >= 11 is 0. The van der Waals surface area contributed by atoms with E-state index in [4.69, 9.17) is 4.18 Å². The maximum absolute atomic E-state index is 11.9. The first kappa shape index (κ1) is 36.3. The minimum atomic E-state index is -3.57. The number of hydrogen-bond acceptors (Lipinski definition) is 3. The smallest absolute Gasteiger partial charge is 0.266 e. The Morgan fingerprint density at radius 3 is 1.40 bits per heavy atom. The van der Waals surface area contributed by atoms with Crippen molar-refractivity contribution in [3.8, 4) is 0 Å². The van der Waals surface area contributed by atoms with Crippen LogP contribution in [0.4, 0.5) is 0 Å². The fourth-order valence-corrected chi connectivity index (χ4v) is 5.74. The number of hydrogen-bond donors (Lipinski definition) is 0. The van der Waals surface area contributed by atoms with Gasteiger partial charge in [-0.1, -0.05) is 147 Å². The first-order valence-corrected chi connectivity index (χ1v) is 17.9. The average molecular weight is 575 g/mol. The van der Waals surface area contributed by atoms with Crippen LogP contribution in [0.2, 0.25) is 0 Å². The van der Waals surface area contributed by atoms with Crippen LogP contribution >= 0.6 is 0 Å². The molecular formula is C35H60NO3S+. The fourth-order valence-electron chi connectivity index (χ4n) is 4.78. The van der Waals surface area contributed by atoms with Crippen molar-refractivity contribution in [2.45, 2.75) is 154 Å². The fraction of sp³-hybridized carbons (Fsp3) is 0.686. The Kier molecular flexibility index (Phi) is 23.8. The summed E-state index contributed by atoms with van der Waals surface area (Å²) in [5, 5.41) is 0. The normalized spacial score (nSPS) is 11.2. The van der Waals surface area contributed by atoms with Gasteiger partial charge in [0.1, 0.15) is 6.54 Å². The molecule has 0 aliphatic carbocycles. The van der Waals surface area contributed by atoms with Gasteiger partial charge in [0.05, 0.1) is 11.5 Å². The van der Waals surface area contributed by atoms with Gasteiger partial charge in [0.2, 0.25) is 0 Å². The molecule has 0 radical (unpaired) electrons. The molecule has 0 spiro atoms. The van der Waals surface area contributed by atoms with E-state index in [0.29, 0.717) is 0 Å². The Labute approximate surface area is 248 Å². The Morgan fingerprint density at radius 1 is 0.525 bits per heavy atom. The Hall–Kier alpha value is -1.72. The zero-order chi connectivity index (χ0) is 29.0. The molecule has 2 aromatic rings. The van der Waals surface area contributed by atoms with Crippen molar-refractivity contribution < 1.29 is 17.2 Å². The lowest BCUT2D eigenvalue weighted by atomic mass is 10.1. The lowest BCUT2D eigenvalue weighted by Gasteiger charge is -2.05. The Morgan fingerprint density at radius 2 is 0.925 bits per heavy atom. The summed E-state index contributed by atoms with van der Waals surface area (Å²) in [7, 11) is -3.57. The molecular weight excluding hydrogens is 514 g/mol. The van der Waals surface area contributed by atoms with Crippen LogP contribution in [0.5, 0.6) is 0 Å². The van der Waals surface area contributed by atoms with Crippen LogP contribution in [0.25, 0.3) is 0 Å². The van der Waals surface area contributed by atoms with E-state index in [1.807, 2.05) is 0 Å². The third kappa shape index (κ3) is 21.1. The Balaban J connectivity index is 0.000000408. The maximum atomic E-state index is 11.9. The lowest BCUT2D eigenvalue weighted by Crippen LogP contribution is -2.32. The van der Waals surface area contributed by atoms with Gasteiger partial charge in [-0.15, -0.1) is 0 Å². The van der Waals surface area contributed by atoms with Crippen molar-refractivity contribution in [2.75, 3.05) is 6.61 Å². The van der Waals surface area contributed by atoms with E-state index in [2.05, 4.69) is 49.0 Å². The second-order valence-electron chi connectivity index (χ2n) is 11.1. The van der Waals surface area contributed by atoms with Crippen LogP contribution in [0.3, 0.4) is 0 Å². The second kappa shape index (κ2) is 26.2. The molecule has 0 aliphatic heterocycles. The van der Waals surface area contributed by atoms with Gasteiger partial charge in [-0.25, -0.2) is 4.57 Å². The van der Waals surface area contributed by atoms with Crippen LogP contribution in [-0.4, -0.2) is 15.0 Å². The molecule has 0 amide bonds. The first-order valence-electron chi connectivity index (χ1n) is 16.5. The van der Waals surface area contributed by atoms with Crippen molar-refractivity contribution in [1.82, 2.24) is 0 Å². The highest BCUT2D eigenvalue weighted by molar-refractivity contribution is 7.86. The first-order chi connectivity index (χ1) is 19.6. The molecule has 0 saturated carbocycles. The molecule has 5 heteroatoms. The molecule has 0 N–H and O–H groups in total. The van der Waals surface area contributed by atoms with Crippen molar-refractivity contribution in [3.63, 3.8) is 0 Å². The van der Waals surface area contributed by atoms with Gasteiger partial charge >= 0.3 is 0 Å². The van der Waals surface area contributed by atoms with Crippen molar-refractivity contribution in [2.24, 2.45) is 0 Å². The van der Waals surface area contributed by atoms with Crippen molar-refractivity contribution in [1.29, 1.82) is 0 Å². The topological polar surface area (TPSA) is 47.3 Å². The minimum absolute atomic E-state index is 0.238. The van der Waals surface area contributed by atoms with E-state index in [-0.39, 0.29) is 11.5 Å². The Bertz CT molecular complexity index is 887. The molecule has 228 valence electrons. The monoisotopic (exact) mass is 574 g/mol. The maximum Gasteiger partial charge on any atom is 0.296 e. The number of rotatable bonds is 24. The predicted octanol–water partition coefficient (Wildman–Crippen LogP) is 10.2. The van der Waals surface area contributed by atoms with Crippen molar-refractivity contribution >= 4 is 10.1 Å². The molecule has 0 fully saturated rings. The molecule has 40 heavy (non-hydrogen) atoms. The van der Waals surface area contributed by atoms with E-state index in [1.54, 1.807) is 30.3 Å². The van der Waals surface area contributed by atoms with Crippen LogP contribution in [0.15, 0.2) is 65.8 Å². The van der Waals surface area contributed by atoms with E-state index in [1.165, 1.54) is 122 Å². The molecule has 0 aliphatic rings. The number of unbranched alkanes of at least 4 members (excludes halogenated alkanes) is 18. The summed E-state index contributed by atoms with van der Waals surface area (Å²) < 4.78 is 31.1. The molecule has 0 atom stereocenters. The summed E-state index contributed by atoms with van der Waals surface area (Å²) in [6.45, 7) is 5.98. The standard InChI is InChI=1S/C18H30O3S.C17H30N/c1-2-3-4-5-6-7-8-9-10-14-17-21-22(19,20)18-15-12-11-13-16-18;1-2-3-4-5-6-7-8-9-10-12-15-18-16-13-11-14-17-18/h11-13,15-16H,2-10,14,17H2,1H3;11,13-14,16-17H,2-10,12,15H2,1H3/q;+1. The number of benzene rings is 1. The van der Waals surface area contributed by atoms with Gasteiger partial charge in [0.15, 0.2) is 12.4 Å². The van der Waals surface area contributed by atoms with Gasteiger partial charge in [-0.05, 0) is 25.0 Å².